The molecular formula is C17H16FN5S2. The van der Waals surface area contributed by atoms with E-state index < -0.39 is 0 Å². The van der Waals surface area contributed by atoms with Crippen LogP contribution in [0.4, 0.5) is 4.48 Å². The Labute approximate surface area is 153 Å². The van der Waals surface area contributed by atoms with Crippen LogP contribution < -0.4 is 5.43 Å². The molecule has 2 aromatic rings. The normalized spacial score (nSPS) is 20.3. The van der Waals surface area contributed by atoms with Crippen LogP contribution in [-0.2, 0) is 0 Å². The number of halogens is 1. The van der Waals surface area contributed by atoms with Gasteiger partial charge >= 0.3 is 0 Å². The van der Waals surface area contributed by atoms with E-state index in [1.54, 1.807) is 18.3 Å². The number of rotatable bonds is 3. The zero-order chi connectivity index (χ0) is 17.2. The van der Waals surface area contributed by atoms with Gasteiger partial charge in [-0.3, -0.25) is 10.4 Å². The van der Waals surface area contributed by atoms with Gasteiger partial charge in [-0.25, -0.2) is 4.98 Å². The van der Waals surface area contributed by atoms with E-state index in [0.717, 1.165) is 17.5 Å². The lowest BCUT2D eigenvalue weighted by Gasteiger charge is -2.16. The van der Waals surface area contributed by atoms with Gasteiger partial charge in [0, 0.05) is 23.7 Å². The first-order valence-electron chi connectivity index (χ1n) is 8.10. The summed E-state index contributed by atoms with van der Waals surface area (Å²) in [5.41, 5.74) is 5.09. The van der Waals surface area contributed by atoms with E-state index in [1.807, 2.05) is 6.07 Å². The van der Waals surface area contributed by atoms with Gasteiger partial charge in [-0.05, 0) is 37.0 Å². The number of fused-ring (bicyclic) bond motifs is 1. The van der Waals surface area contributed by atoms with E-state index in [0.29, 0.717) is 31.7 Å². The largest absolute Gasteiger partial charge is 0.294 e. The van der Waals surface area contributed by atoms with Crippen LogP contribution in [0.3, 0.4) is 0 Å². The number of hydrogen-bond acceptors (Lipinski definition) is 7. The second-order valence-corrected chi connectivity index (χ2v) is 8.03. The molecule has 3 heterocycles. The standard InChI is InChI=1S/C17H16FN5S2/c1-2-11-9-14-13(19-10-11)7-8-15(20-14)25-23(18)17-22-21-16(24-17)12-5-3-4-6-12/h1,7-10,12,16,21H,3-6H2. The lowest BCUT2D eigenvalue weighted by atomic mass is 10.1. The third-order valence-electron chi connectivity index (χ3n) is 4.35. The molecule has 1 fully saturated rings. The van der Waals surface area contributed by atoms with Gasteiger partial charge in [0.1, 0.15) is 5.03 Å². The summed E-state index contributed by atoms with van der Waals surface area (Å²) in [7, 11) is 0. The number of thioether (sulfide) groups is 1. The topological polar surface area (TPSA) is 53.4 Å². The van der Waals surface area contributed by atoms with Crippen LogP contribution in [0.5, 0.6) is 0 Å². The van der Waals surface area contributed by atoms with Gasteiger partial charge in [0.2, 0.25) is 5.17 Å². The average Bonchev–Trinajstić information content (AvgIpc) is 3.32. The zero-order valence-corrected chi connectivity index (χ0v) is 15.0. The monoisotopic (exact) mass is 373 g/mol. The highest BCUT2D eigenvalue weighted by Crippen LogP contribution is 2.37. The molecule has 1 atom stereocenters. The van der Waals surface area contributed by atoms with E-state index in [1.165, 1.54) is 37.4 Å². The Hall–Kier alpha value is -1.98. The fraction of sp³-hybridized carbons (Fsp3) is 0.353. The van der Waals surface area contributed by atoms with E-state index >= 15 is 0 Å². The van der Waals surface area contributed by atoms with Crippen LogP contribution in [0, 0.1) is 18.3 Å². The summed E-state index contributed by atoms with van der Waals surface area (Å²) in [5, 5.41) is 5.17. The molecule has 1 saturated carbocycles. The molecule has 2 aliphatic rings. The minimum atomic E-state index is 0.170. The van der Waals surface area contributed by atoms with Crippen molar-refractivity contribution in [1.82, 2.24) is 19.9 Å². The molecule has 2 aromatic heterocycles. The maximum atomic E-state index is 14.5. The summed E-state index contributed by atoms with van der Waals surface area (Å²) < 4.78 is 15.1. The van der Waals surface area contributed by atoms with Gasteiger partial charge in [-0.15, -0.1) is 11.0 Å². The number of nitrogens with one attached hydrogen (secondary N) is 1. The molecule has 1 aliphatic carbocycles. The third kappa shape index (κ3) is 3.53. The van der Waals surface area contributed by atoms with Crippen LogP contribution >= 0.6 is 23.7 Å². The lowest BCUT2D eigenvalue weighted by Crippen LogP contribution is -2.24. The summed E-state index contributed by atoms with van der Waals surface area (Å²) in [4.78, 5) is 8.67. The first kappa shape index (κ1) is 16.5. The summed E-state index contributed by atoms with van der Waals surface area (Å²) >= 11 is 2.35. The predicted octanol–water partition coefficient (Wildman–Crippen LogP) is 3.93. The molecule has 0 saturated heterocycles. The highest BCUT2D eigenvalue weighted by atomic mass is 32.2. The molecular weight excluding hydrogens is 357 g/mol. The number of hydrogen-bond donors (Lipinski definition) is 1. The van der Waals surface area contributed by atoms with Crippen LogP contribution in [-0.4, -0.2) is 25.0 Å². The van der Waals surface area contributed by atoms with Gasteiger partial charge in [0.15, 0.2) is 0 Å². The highest BCUT2D eigenvalue weighted by Gasteiger charge is 2.33. The molecule has 0 amide bonds. The molecule has 25 heavy (non-hydrogen) atoms. The number of hydrazone groups is 1. The quantitative estimate of drug-likeness (QED) is 0.500. The molecule has 0 aromatic carbocycles. The minimum Gasteiger partial charge on any atom is -0.294 e. The van der Waals surface area contributed by atoms with Crippen LogP contribution in [0.25, 0.3) is 11.0 Å². The molecule has 1 N–H and O–H groups in total. The number of nitrogens with zero attached hydrogens (tertiary/aromatic N) is 4. The van der Waals surface area contributed by atoms with Crippen molar-refractivity contribution >= 4 is 39.9 Å². The first-order chi connectivity index (χ1) is 12.2. The minimum absolute atomic E-state index is 0.170. The molecule has 0 spiro atoms. The van der Waals surface area contributed by atoms with E-state index in [4.69, 9.17) is 6.42 Å². The van der Waals surface area contributed by atoms with Gasteiger partial charge in [0.05, 0.1) is 16.4 Å². The molecule has 0 radical (unpaired) electrons. The number of pyridine rings is 2. The maximum absolute atomic E-state index is 14.5. The summed E-state index contributed by atoms with van der Waals surface area (Å²) in [6.07, 6.45) is 11.9. The van der Waals surface area contributed by atoms with Gasteiger partial charge in [-0.2, -0.15) is 5.10 Å². The SMILES string of the molecule is C#Cc1cnc2ccc(SN(F)C3=NNC(C4CCCC4)S3)nc2c1. The Bertz CT molecular complexity index is 860. The van der Waals surface area contributed by atoms with Crippen LogP contribution in [0.1, 0.15) is 31.2 Å². The number of aromatic nitrogens is 2. The van der Waals surface area contributed by atoms with E-state index in [2.05, 4.69) is 26.4 Å². The van der Waals surface area contributed by atoms with Crippen molar-refractivity contribution in [3.05, 3.63) is 30.0 Å². The van der Waals surface area contributed by atoms with Crippen molar-refractivity contribution in [2.24, 2.45) is 11.0 Å². The smallest absolute Gasteiger partial charge is 0.225 e. The predicted molar refractivity (Wildman–Crippen MR) is 100 cm³/mol. The molecule has 128 valence electrons. The Balaban J connectivity index is 1.44. The molecule has 1 unspecified atom stereocenters. The fourth-order valence-corrected chi connectivity index (χ4v) is 4.84. The third-order valence-corrected chi connectivity index (χ3v) is 6.42. The average molecular weight is 373 g/mol. The summed E-state index contributed by atoms with van der Waals surface area (Å²) in [6, 6.07) is 5.32. The second-order valence-electron chi connectivity index (χ2n) is 6.00. The van der Waals surface area contributed by atoms with E-state index in [9.17, 15) is 4.48 Å². The van der Waals surface area contributed by atoms with Gasteiger partial charge < -0.3 is 0 Å². The molecule has 8 heteroatoms. The Morgan fingerprint density at radius 2 is 2.16 bits per heavy atom. The van der Waals surface area contributed by atoms with Crippen molar-refractivity contribution in [3.63, 3.8) is 0 Å². The van der Waals surface area contributed by atoms with Crippen LogP contribution in [0.15, 0.2) is 34.5 Å². The van der Waals surface area contributed by atoms with Gasteiger partial charge in [-0.1, -0.05) is 35.0 Å². The molecule has 1 aliphatic heterocycles. The molecule has 0 bridgehead atoms. The first-order valence-corrected chi connectivity index (χ1v) is 9.75. The fourth-order valence-electron chi connectivity index (χ4n) is 3.07. The molecule has 5 nitrogen and oxygen atoms in total. The lowest BCUT2D eigenvalue weighted by molar-refractivity contribution is 0.268. The number of amidine groups is 1. The Kier molecular flexibility index (Phi) is 4.68. The highest BCUT2D eigenvalue weighted by molar-refractivity contribution is 8.15. The second kappa shape index (κ2) is 7.10. The summed E-state index contributed by atoms with van der Waals surface area (Å²) in [5.74, 6) is 3.10. The number of terminal acetylenes is 1. The van der Waals surface area contributed by atoms with Gasteiger partial charge in [0.25, 0.3) is 0 Å². The van der Waals surface area contributed by atoms with Crippen molar-refractivity contribution in [3.8, 4) is 12.3 Å². The van der Waals surface area contributed by atoms with Crippen molar-refractivity contribution in [2.45, 2.75) is 36.1 Å². The van der Waals surface area contributed by atoms with Crippen molar-refractivity contribution < 1.29 is 4.48 Å². The Morgan fingerprint density at radius 3 is 2.96 bits per heavy atom. The summed E-state index contributed by atoms with van der Waals surface area (Å²) in [6.45, 7) is 0. The zero-order valence-electron chi connectivity index (χ0n) is 13.4. The van der Waals surface area contributed by atoms with Crippen LogP contribution in [0.2, 0.25) is 0 Å². The Morgan fingerprint density at radius 1 is 1.32 bits per heavy atom. The maximum Gasteiger partial charge on any atom is 0.225 e. The van der Waals surface area contributed by atoms with E-state index in [-0.39, 0.29) is 5.37 Å². The molecule has 4 rings (SSSR count). The van der Waals surface area contributed by atoms with Crippen molar-refractivity contribution in [1.29, 1.82) is 0 Å². The van der Waals surface area contributed by atoms with Crippen molar-refractivity contribution in [2.75, 3.05) is 0 Å².